The summed E-state index contributed by atoms with van der Waals surface area (Å²) in [7, 11) is 0. The fourth-order valence-electron chi connectivity index (χ4n) is 0.702. The molecule has 0 atom stereocenters. The minimum atomic E-state index is -0.902. The number of hydrogen-bond acceptors (Lipinski definition) is 1. The number of hydrogen-bond donors (Lipinski definition) is 1. The smallest absolute Gasteiger partial charge is 0.222 e. The molecule has 0 fully saturated rings. The van der Waals surface area contributed by atoms with Gasteiger partial charge in [0.25, 0.3) is 0 Å². The van der Waals surface area contributed by atoms with Crippen LogP contribution in [0.3, 0.4) is 0 Å². The van der Waals surface area contributed by atoms with Gasteiger partial charge < -0.3 is 0 Å². The van der Waals surface area contributed by atoms with Crippen molar-refractivity contribution in [1.82, 2.24) is 0 Å². The summed E-state index contributed by atoms with van der Waals surface area (Å²) in [4.78, 5) is 10.5. The van der Waals surface area contributed by atoms with E-state index in [0.717, 1.165) is 12.1 Å². The number of carbonyl (C=O) groups excluding carboxylic acids is 1. The summed E-state index contributed by atoms with van der Waals surface area (Å²) in [6, 6.07) is 3.20. The van der Waals surface area contributed by atoms with E-state index in [1.54, 1.807) is 0 Å². The Kier molecular flexibility index (Phi) is 2.24. The van der Waals surface area contributed by atoms with Crippen molar-refractivity contribution in [2.45, 2.75) is 0 Å². The standard InChI is InChI=1S/C7H4F2OS/c8-4-2-1-3-5(9)6(4)7(10)11/h1-3H,(H,10,11). The highest BCUT2D eigenvalue weighted by molar-refractivity contribution is 7.97. The lowest BCUT2D eigenvalue weighted by molar-refractivity contribution is 0.108. The summed E-state index contributed by atoms with van der Waals surface area (Å²) < 4.78 is 25.2. The molecule has 0 amide bonds. The molecule has 0 aliphatic rings. The molecule has 0 N–H and O–H groups in total. The third kappa shape index (κ3) is 1.57. The maximum atomic E-state index is 12.6. The van der Waals surface area contributed by atoms with Crippen LogP contribution in [0.4, 0.5) is 8.78 Å². The molecule has 0 radical (unpaired) electrons. The number of carbonyl (C=O) groups is 1. The molecule has 0 heterocycles. The van der Waals surface area contributed by atoms with E-state index in [9.17, 15) is 13.6 Å². The van der Waals surface area contributed by atoms with Crippen LogP contribution >= 0.6 is 12.6 Å². The van der Waals surface area contributed by atoms with Gasteiger partial charge in [-0.2, -0.15) is 0 Å². The van der Waals surface area contributed by atoms with Crippen LogP contribution in [0, 0.1) is 11.6 Å². The van der Waals surface area contributed by atoms with Crippen molar-refractivity contribution in [2.24, 2.45) is 0 Å². The van der Waals surface area contributed by atoms with Crippen molar-refractivity contribution in [2.75, 3.05) is 0 Å². The Morgan fingerprint density at radius 2 is 1.73 bits per heavy atom. The highest BCUT2D eigenvalue weighted by Gasteiger charge is 2.12. The van der Waals surface area contributed by atoms with Gasteiger partial charge in [-0.15, -0.1) is 12.6 Å². The van der Waals surface area contributed by atoms with E-state index < -0.39 is 22.3 Å². The zero-order chi connectivity index (χ0) is 8.43. The van der Waals surface area contributed by atoms with Crippen LogP contribution in [-0.2, 0) is 0 Å². The van der Waals surface area contributed by atoms with Crippen LogP contribution in [0.15, 0.2) is 18.2 Å². The Bertz CT molecular complexity index is 278. The maximum absolute atomic E-state index is 12.6. The van der Waals surface area contributed by atoms with Crippen molar-refractivity contribution >= 4 is 17.7 Å². The van der Waals surface area contributed by atoms with Crippen molar-refractivity contribution in [3.63, 3.8) is 0 Å². The Hall–Kier alpha value is -0.900. The predicted molar refractivity (Wildman–Crippen MR) is 39.7 cm³/mol. The van der Waals surface area contributed by atoms with Gasteiger partial charge in [0.05, 0.1) is 5.56 Å². The lowest BCUT2D eigenvalue weighted by Crippen LogP contribution is -1.98. The Morgan fingerprint density at radius 3 is 2.00 bits per heavy atom. The molecule has 11 heavy (non-hydrogen) atoms. The van der Waals surface area contributed by atoms with Crippen LogP contribution in [-0.4, -0.2) is 5.12 Å². The molecule has 1 aromatic rings. The largest absolute Gasteiger partial charge is 0.282 e. The van der Waals surface area contributed by atoms with Crippen LogP contribution in [0.25, 0.3) is 0 Å². The van der Waals surface area contributed by atoms with Gasteiger partial charge in [0.2, 0.25) is 5.12 Å². The first-order valence-corrected chi connectivity index (χ1v) is 3.25. The zero-order valence-electron chi connectivity index (χ0n) is 5.34. The summed E-state index contributed by atoms with van der Waals surface area (Å²) in [5.41, 5.74) is -0.601. The quantitative estimate of drug-likeness (QED) is 0.644. The molecule has 1 aromatic carbocycles. The van der Waals surface area contributed by atoms with E-state index in [1.807, 2.05) is 0 Å². The molecule has 0 saturated carbocycles. The maximum Gasteiger partial charge on any atom is 0.222 e. The average Bonchev–Trinajstić information content (AvgIpc) is 1.85. The molecule has 0 aliphatic carbocycles. The van der Waals surface area contributed by atoms with Gasteiger partial charge in [-0.1, -0.05) is 6.07 Å². The summed E-state index contributed by atoms with van der Waals surface area (Å²) in [5, 5.41) is -0.902. The Labute approximate surface area is 67.4 Å². The third-order valence-electron chi connectivity index (χ3n) is 1.18. The molecule has 58 valence electrons. The third-order valence-corrected chi connectivity index (χ3v) is 1.40. The minimum absolute atomic E-state index is 0.601. The van der Waals surface area contributed by atoms with Gasteiger partial charge in [-0.25, -0.2) is 8.78 Å². The number of benzene rings is 1. The van der Waals surface area contributed by atoms with Crippen molar-refractivity contribution < 1.29 is 13.6 Å². The first-order chi connectivity index (χ1) is 5.13. The molecular formula is C7H4F2OS. The molecule has 0 spiro atoms. The summed E-state index contributed by atoms with van der Waals surface area (Å²) in [6.45, 7) is 0. The SMILES string of the molecule is O=C(S)c1c(F)cccc1F. The summed E-state index contributed by atoms with van der Waals surface area (Å²) >= 11 is 3.31. The topological polar surface area (TPSA) is 17.1 Å². The highest BCUT2D eigenvalue weighted by atomic mass is 32.1. The number of thiol groups is 1. The van der Waals surface area contributed by atoms with Crippen molar-refractivity contribution in [1.29, 1.82) is 0 Å². The molecule has 1 rings (SSSR count). The van der Waals surface area contributed by atoms with E-state index in [-0.39, 0.29) is 0 Å². The van der Waals surface area contributed by atoms with Crippen molar-refractivity contribution in [3.05, 3.63) is 35.4 Å². The predicted octanol–water partition coefficient (Wildman–Crippen LogP) is 2.03. The molecule has 0 aliphatic heterocycles. The van der Waals surface area contributed by atoms with Crippen LogP contribution in [0.5, 0.6) is 0 Å². The number of rotatable bonds is 1. The van der Waals surface area contributed by atoms with Crippen LogP contribution in [0.2, 0.25) is 0 Å². The minimum Gasteiger partial charge on any atom is -0.282 e. The molecular weight excluding hydrogens is 170 g/mol. The van der Waals surface area contributed by atoms with Gasteiger partial charge >= 0.3 is 0 Å². The zero-order valence-corrected chi connectivity index (χ0v) is 6.24. The van der Waals surface area contributed by atoms with Crippen molar-refractivity contribution in [3.8, 4) is 0 Å². The van der Waals surface area contributed by atoms with Gasteiger partial charge in [-0.3, -0.25) is 4.79 Å². The molecule has 1 nitrogen and oxygen atoms in total. The first-order valence-electron chi connectivity index (χ1n) is 2.80. The number of halogens is 2. The van der Waals surface area contributed by atoms with Gasteiger partial charge in [-0.05, 0) is 12.1 Å². The van der Waals surface area contributed by atoms with E-state index in [2.05, 4.69) is 12.6 Å². The Morgan fingerprint density at radius 1 is 1.27 bits per heavy atom. The fourth-order valence-corrected chi connectivity index (χ4v) is 0.916. The lowest BCUT2D eigenvalue weighted by Gasteiger charge is -1.97. The highest BCUT2D eigenvalue weighted by Crippen LogP contribution is 2.13. The second-order valence-electron chi connectivity index (χ2n) is 1.90. The van der Waals surface area contributed by atoms with E-state index in [1.165, 1.54) is 6.07 Å². The fraction of sp³-hybridized carbons (Fsp3) is 0. The van der Waals surface area contributed by atoms with Crippen LogP contribution < -0.4 is 0 Å². The normalized spacial score (nSPS) is 9.73. The monoisotopic (exact) mass is 174 g/mol. The van der Waals surface area contributed by atoms with Crippen LogP contribution in [0.1, 0.15) is 10.4 Å². The Balaban J connectivity index is 3.32. The molecule has 0 unspecified atom stereocenters. The van der Waals surface area contributed by atoms with Gasteiger partial charge in [0.15, 0.2) is 0 Å². The second-order valence-corrected chi connectivity index (χ2v) is 2.31. The van der Waals surface area contributed by atoms with E-state index in [4.69, 9.17) is 0 Å². The summed E-state index contributed by atoms with van der Waals surface area (Å²) in [6.07, 6.45) is 0. The van der Waals surface area contributed by atoms with Gasteiger partial charge in [0, 0.05) is 0 Å². The van der Waals surface area contributed by atoms with E-state index in [0.29, 0.717) is 0 Å². The average molecular weight is 174 g/mol. The van der Waals surface area contributed by atoms with Gasteiger partial charge in [0.1, 0.15) is 11.6 Å². The first kappa shape index (κ1) is 8.20. The lowest BCUT2D eigenvalue weighted by atomic mass is 10.2. The molecule has 4 heteroatoms. The molecule has 0 aromatic heterocycles. The second kappa shape index (κ2) is 3.00. The molecule has 0 bridgehead atoms. The molecule has 0 saturated heterocycles. The van der Waals surface area contributed by atoms with E-state index >= 15 is 0 Å². The summed E-state index contributed by atoms with van der Waals surface area (Å²) in [5.74, 6) is -1.77.